The minimum Gasteiger partial charge on any atom is -0.384 e. The van der Waals surface area contributed by atoms with E-state index < -0.39 is 6.10 Å². The molecule has 0 saturated carbocycles. The number of hydrogen-bond donors (Lipinski definition) is 1. The Labute approximate surface area is 118 Å². The fourth-order valence-electron chi connectivity index (χ4n) is 2.26. The summed E-state index contributed by atoms with van der Waals surface area (Å²) >= 11 is 0. The fraction of sp³-hybridized carbons (Fsp3) is 0.769. The smallest absolute Gasteiger partial charge is 0.251 e. The summed E-state index contributed by atoms with van der Waals surface area (Å²) in [6.45, 7) is 6.96. The zero-order chi connectivity index (χ0) is 14.5. The Morgan fingerprint density at radius 2 is 2.10 bits per heavy atom. The van der Waals surface area contributed by atoms with E-state index in [1.807, 2.05) is 0 Å². The average Bonchev–Trinajstić information content (AvgIpc) is 2.86. The molecule has 1 atom stereocenters. The van der Waals surface area contributed by atoms with Gasteiger partial charge in [-0.25, -0.2) is 0 Å². The van der Waals surface area contributed by atoms with E-state index >= 15 is 0 Å². The van der Waals surface area contributed by atoms with E-state index in [2.05, 4.69) is 22.0 Å². The molecule has 2 rings (SSSR count). The van der Waals surface area contributed by atoms with Crippen molar-refractivity contribution in [1.29, 1.82) is 0 Å². The van der Waals surface area contributed by atoms with Crippen molar-refractivity contribution in [3.05, 3.63) is 11.7 Å². The number of aryl methyl sites for hydroxylation is 1. The van der Waals surface area contributed by atoms with Crippen molar-refractivity contribution in [3.8, 4) is 0 Å². The number of aliphatic hydroxyl groups is 1. The van der Waals surface area contributed by atoms with Crippen LogP contribution in [0.25, 0.3) is 0 Å². The van der Waals surface area contributed by atoms with Crippen molar-refractivity contribution in [3.63, 3.8) is 0 Å². The molecule has 1 saturated heterocycles. The van der Waals surface area contributed by atoms with Gasteiger partial charge in [0.1, 0.15) is 6.10 Å². The number of aliphatic hydroxyl groups excluding tert-OH is 1. The van der Waals surface area contributed by atoms with Gasteiger partial charge in [-0.3, -0.25) is 9.69 Å². The minimum absolute atomic E-state index is 0.201. The van der Waals surface area contributed by atoms with Gasteiger partial charge < -0.3 is 14.5 Å². The summed E-state index contributed by atoms with van der Waals surface area (Å²) in [6.07, 6.45) is 0.910. The standard InChI is InChI=1S/C13H22N4O3/c1-3-4-11-14-12(20-15-11)9-16-5-7-17(8-6-16)13(19)10(2)18/h10,18H,3-9H2,1-2H3. The zero-order valence-electron chi connectivity index (χ0n) is 12.1. The van der Waals surface area contributed by atoms with Gasteiger partial charge in [-0.15, -0.1) is 0 Å². The van der Waals surface area contributed by atoms with Crippen LogP contribution in [0.3, 0.4) is 0 Å². The Morgan fingerprint density at radius 1 is 1.40 bits per heavy atom. The molecule has 2 heterocycles. The van der Waals surface area contributed by atoms with Crippen molar-refractivity contribution in [1.82, 2.24) is 19.9 Å². The van der Waals surface area contributed by atoms with Crippen LogP contribution in [0, 0.1) is 0 Å². The Hall–Kier alpha value is -1.47. The number of nitrogens with zero attached hydrogens (tertiary/aromatic N) is 4. The van der Waals surface area contributed by atoms with E-state index in [0.717, 1.165) is 31.8 Å². The van der Waals surface area contributed by atoms with Crippen molar-refractivity contribution in [2.75, 3.05) is 26.2 Å². The van der Waals surface area contributed by atoms with E-state index in [1.54, 1.807) is 4.90 Å². The molecule has 0 spiro atoms. The highest BCUT2D eigenvalue weighted by molar-refractivity contribution is 5.80. The molecule has 1 amide bonds. The Kier molecular flexibility index (Phi) is 5.08. The van der Waals surface area contributed by atoms with Crippen LogP contribution in [-0.2, 0) is 17.8 Å². The Balaban J connectivity index is 1.80. The molecular formula is C13H22N4O3. The Morgan fingerprint density at radius 3 is 2.70 bits per heavy atom. The van der Waals surface area contributed by atoms with Crippen LogP contribution in [0.1, 0.15) is 32.0 Å². The van der Waals surface area contributed by atoms with Gasteiger partial charge in [0.05, 0.1) is 6.54 Å². The number of amides is 1. The SMILES string of the molecule is CCCc1noc(CN2CCN(C(=O)C(C)O)CC2)n1. The number of piperazine rings is 1. The maximum absolute atomic E-state index is 11.7. The molecule has 112 valence electrons. The predicted molar refractivity (Wildman–Crippen MR) is 71.8 cm³/mol. The second-order valence-corrected chi connectivity index (χ2v) is 5.13. The second-order valence-electron chi connectivity index (χ2n) is 5.13. The molecule has 1 fully saturated rings. The topological polar surface area (TPSA) is 82.7 Å². The highest BCUT2D eigenvalue weighted by atomic mass is 16.5. The monoisotopic (exact) mass is 282 g/mol. The van der Waals surface area contributed by atoms with Gasteiger partial charge >= 0.3 is 0 Å². The molecule has 1 aromatic rings. The van der Waals surface area contributed by atoms with Crippen LogP contribution in [0.15, 0.2) is 4.52 Å². The van der Waals surface area contributed by atoms with Gasteiger partial charge in [-0.05, 0) is 13.3 Å². The molecular weight excluding hydrogens is 260 g/mol. The summed E-state index contributed by atoms with van der Waals surface area (Å²) in [5, 5.41) is 13.2. The third-order valence-corrected chi connectivity index (χ3v) is 3.38. The largest absolute Gasteiger partial charge is 0.384 e. The maximum Gasteiger partial charge on any atom is 0.251 e. The number of hydrogen-bond acceptors (Lipinski definition) is 6. The first-order valence-electron chi connectivity index (χ1n) is 7.10. The molecule has 0 aliphatic carbocycles. The lowest BCUT2D eigenvalue weighted by atomic mass is 10.2. The maximum atomic E-state index is 11.7. The van der Waals surface area contributed by atoms with Crippen molar-refractivity contribution >= 4 is 5.91 Å². The number of carbonyl (C=O) groups is 1. The third kappa shape index (κ3) is 3.77. The van der Waals surface area contributed by atoms with Crippen LogP contribution >= 0.6 is 0 Å². The van der Waals surface area contributed by atoms with E-state index in [0.29, 0.717) is 25.5 Å². The van der Waals surface area contributed by atoms with Crippen LogP contribution in [-0.4, -0.2) is 63.2 Å². The normalized spacial score (nSPS) is 18.2. The number of aromatic nitrogens is 2. The van der Waals surface area contributed by atoms with Gasteiger partial charge in [-0.1, -0.05) is 12.1 Å². The fourth-order valence-corrected chi connectivity index (χ4v) is 2.26. The van der Waals surface area contributed by atoms with Gasteiger partial charge in [0, 0.05) is 32.6 Å². The summed E-state index contributed by atoms with van der Waals surface area (Å²) in [6, 6.07) is 0. The molecule has 1 unspecified atom stereocenters. The first-order chi connectivity index (χ1) is 9.60. The molecule has 20 heavy (non-hydrogen) atoms. The van der Waals surface area contributed by atoms with E-state index in [-0.39, 0.29) is 5.91 Å². The molecule has 0 radical (unpaired) electrons. The molecule has 1 aromatic heterocycles. The molecule has 7 heteroatoms. The molecule has 1 aliphatic rings. The van der Waals surface area contributed by atoms with Gasteiger partial charge in [-0.2, -0.15) is 4.98 Å². The summed E-state index contributed by atoms with van der Waals surface area (Å²) in [4.78, 5) is 19.9. The predicted octanol–water partition coefficient (Wildman–Crippen LogP) is 0.0471. The first-order valence-corrected chi connectivity index (χ1v) is 7.10. The van der Waals surface area contributed by atoms with E-state index in [4.69, 9.17) is 4.52 Å². The van der Waals surface area contributed by atoms with Crippen LogP contribution in [0.2, 0.25) is 0 Å². The van der Waals surface area contributed by atoms with Crippen molar-refractivity contribution < 1.29 is 14.4 Å². The zero-order valence-corrected chi connectivity index (χ0v) is 12.1. The second kappa shape index (κ2) is 6.81. The summed E-state index contributed by atoms with van der Waals surface area (Å²) in [5.41, 5.74) is 0. The highest BCUT2D eigenvalue weighted by Gasteiger charge is 2.24. The molecule has 7 nitrogen and oxygen atoms in total. The first kappa shape index (κ1) is 14.9. The van der Waals surface area contributed by atoms with E-state index in [9.17, 15) is 9.90 Å². The average molecular weight is 282 g/mol. The molecule has 0 bridgehead atoms. The lowest BCUT2D eigenvalue weighted by Crippen LogP contribution is -2.50. The van der Waals surface area contributed by atoms with Gasteiger partial charge in [0.25, 0.3) is 5.91 Å². The Bertz CT molecular complexity index is 439. The summed E-state index contributed by atoms with van der Waals surface area (Å²) in [7, 11) is 0. The molecule has 0 aromatic carbocycles. The number of rotatable bonds is 5. The molecule has 1 N–H and O–H groups in total. The summed E-state index contributed by atoms with van der Waals surface area (Å²) in [5.74, 6) is 1.18. The minimum atomic E-state index is -0.922. The van der Waals surface area contributed by atoms with Crippen LogP contribution in [0.5, 0.6) is 0 Å². The number of carbonyl (C=O) groups excluding carboxylic acids is 1. The lowest BCUT2D eigenvalue weighted by Gasteiger charge is -2.34. The lowest BCUT2D eigenvalue weighted by molar-refractivity contribution is -0.141. The third-order valence-electron chi connectivity index (χ3n) is 3.38. The van der Waals surface area contributed by atoms with E-state index in [1.165, 1.54) is 6.92 Å². The van der Waals surface area contributed by atoms with Crippen LogP contribution < -0.4 is 0 Å². The quantitative estimate of drug-likeness (QED) is 0.821. The highest BCUT2D eigenvalue weighted by Crippen LogP contribution is 2.09. The van der Waals surface area contributed by atoms with Gasteiger partial charge in [0.2, 0.25) is 5.89 Å². The van der Waals surface area contributed by atoms with Crippen molar-refractivity contribution in [2.24, 2.45) is 0 Å². The van der Waals surface area contributed by atoms with Crippen molar-refractivity contribution in [2.45, 2.75) is 39.3 Å². The van der Waals surface area contributed by atoms with Crippen LogP contribution in [0.4, 0.5) is 0 Å². The molecule has 1 aliphatic heterocycles. The summed E-state index contributed by atoms with van der Waals surface area (Å²) < 4.78 is 5.21. The van der Waals surface area contributed by atoms with Gasteiger partial charge in [0.15, 0.2) is 5.82 Å².